The molecule has 0 saturated heterocycles. The van der Waals surface area contributed by atoms with Gasteiger partial charge >= 0.3 is 0 Å². The third-order valence-electron chi connectivity index (χ3n) is 3.18. The first-order chi connectivity index (χ1) is 9.22. The maximum absolute atomic E-state index is 5.82. The Kier molecular flexibility index (Phi) is 3.25. The third kappa shape index (κ3) is 2.63. The van der Waals surface area contributed by atoms with Crippen molar-refractivity contribution in [2.24, 2.45) is 0 Å². The van der Waals surface area contributed by atoms with E-state index in [0.29, 0.717) is 11.0 Å². The molecular weight excluding hydrogens is 262 g/mol. The molecule has 0 amide bonds. The van der Waals surface area contributed by atoms with Crippen molar-refractivity contribution in [3.8, 4) is 5.75 Å². The molecule has 98 valence electrons. The molecule has 1 N–H and O–H groups in total. The minimum atomic E-state index is 0.138. The second-order valence-corrected chi connectivity index (χ2v) is 4.95. The van der Waals surface area contributed by atoms with Gasteiger partial charge in [0, 0.05) is 6.42 Å². The summed E-state index contributed by atoms with van der Waals surface area (Å²) < 4.78 is 5.51. The summed E-state index contributed by atoms with van der Waals surface area (Å²) in [5.74, 6) is 1.68. The topological polar surface area (TPSA) is 47.0 Å². The first-order valence-electron chi connectivity index (χ1n) is 6.22. The molecule has 1 aliphatic heterocycles. The largest absolute Gasteiger partial charge is 0.493 e. The molecular formula is C14H14ClN3O. The van der Waals surface area contributed by atoms with Crippen LogP contribution in [0.25, 0.3) is 0 Å². The van der Waals surface area contributed by atoms with Gasteiger partial charge in [-0.05, 0) is 30.2 Å². The Balaban J connectivity index is 1.78. The standard InChI is InChI=1S/C14H14ClN3O/c1-9(17-14-8-16-7-13(15)18-14)10-2-3-12-11(6-10)4-5-19-12/h2-3,6-9H,4-5H2,1H3,(H,17,18)/t9-/m0/s1. The smallest absolute Gasteiger partial charge is 0.149 e. The van der Waals surface area contributed by atoms with E-state index in [1.54, 1.807) is 6.20 Å². The Morgan fingerprint density at radius 1 is 1.37 bits per heavy atom. The molecule has 0 spiro atoms. The summed E-state index contributed by atoms with van der Waals surface area (Å²) in [5.41, 5.74) is 2.47. The predicted octanol–water partition coefficient (Wildman–Crippen LogP) is 3.24. The molecule has 19 heavy (non-hydrogen) atoms. The van der Waals surface area contributed by atoms with E-state index in [2.05, 4.69) is 34.3 Å². The van der Waals surface area contributed by atoms with Crippen LogP contribution in [0.4, 0.5) is 5.82 Å². The van der Waals surface area contributed by atoms with Gasteiger partial charge in [-0.25, -0.2) is 4.98 Å². The summed E-state index contributed by atoms with van der Waals surface area (Å²) in [4.78, 5) is 8.19. The molecule has 5 heteroatoms. The van der Waals surface area contributed by atoms with Crippen LogP contribution in [-0.4, -0.2) is 16.6 Å². The minimum absolute atomic E-state index is 0.138. The number of fused-ring (bicyclic) bond motifs is 1. The van der Waals surface area contributed by atoms with Crippen molar-refractivity contribution < 1.29 is 4.74 Å². The first kappa shape index (κ1) is 12.2. The number of halogens is 1. The monoisotopic (exact) mass is 275 g/mol. The van der Waals surface area contributed by atoms with E-state index in [1.165, 1.54) is 17.3 Å². The summed E-state index contributed by atoms with van der Waals surface area (Å²) in [7, 11) is 0. The van der Waals surface area contributed by atoms with Gasteiger partial charge in [0.1, 0.15) is 16.7 Å². The molecule has 0 unspecified atom stereocenters. The van der Waals surface area contributed by atoms with Crippen LogP contribution in [0.3, 0.4) is 0 Å². The molecule has 0 saturated carbocycles. The van der Waals surface area contributed by atoms with E-state index < -0.39 is 0 Å². The maximum atomic E-state index is 5.82. The SMILES string of the molecule is C[C@H](Nc1cncc(Cl)n1)c1ccc2c(c1)CCO2. The molecule has 0 aliphatic carbocycles. The number of anilines is 1. The van der Waals surface area contributed by atoms with Crippen molar-refractivity contribution >= 4 is 17.4 Å². The lowest BCUT2D eigenvalue weighted by molar-refractivity contribution is 0.357. The fourth-order valence-electron chi connectivity index (χ4n) is 2.19. The third-order valence-corrected chi connectivity index (χ3v) is 3.37. The quantitative estimate of drug-likeness (QED) is 0.934. The van der Waals surface area contributed by atoms with Crippen LogP contribution in [-0.2, 0) is 6.42 Å². The highest BCUT2D eigenvalue weighted by Crippen LogP contribution is 2.29. The Bertz CT molecular complexity index is 603. The fourth-order valence-corrected chi connectivity index (χ4v) is 2.34. The van der Waals surface area contributed by atoms with Crippen LogP contribution in [0.2, 0.25) is 5.15 Å². The Labute approximate surface area is 116 Å². The lowest BCUT2D eigenvalue weighted by Crippen LogP contribution is -2.08. The Hall–Kier alpha value is -1.81. The fraction of sp³-hybridized carbons (Fsp3) is 0.286. The van der Waals surface area contributed by atoms with E-state index in [-0.39, 0.29) is 6.04 Å². The molecule has 0 fully saturated rings. The van der Waals surface area contributed by atoms with Crippen LogP contribution < -0.4 is 10.1 Å². The van der Waals surface area contributed by atoms with Gasteiger partial charge in [0.2, 0.25) is 0 Å². The number of hydrogen-bond donors (Lipinski definition) is 1. The lowest BCUT2D eigenvalue weighted by atomic mass is 10.0. The van der Waals surface area contributed by atoms with Crippen molar-refractivity contribution in [3.05, 3.63) is 46.9 Å². The predicted molar refractivity (Wildman–Crippen MR) is 74.7 cm³/mol. The molecule has 2 aromatic rings. The van der Waals surface area contributed by atoms with Gasteiger partial charge < -0.3 is 10.1 Å². The molecule has 3 rings (SSSR count). The van der Waals surface area contributed by atoms with Gasteiger partial charge in [-0.3, -0.25) is 4.98 Å². The normalized spacial score (nSPS) is 14.6. The van der Waals surface area contributed by atoms with Gasteiger partial charge in [0.05, 0.1) is 25.0 Å². The molecule has 1 aliphatic rings. The van der Waals surface area contributed by atoms with E-state index in [0.717, 1.165) is 18.8 Å². The number of nitrogens with zero attached hydrogens (tertiary/aromatic N) is 2. The Morgan fingerprint density at radius 3 is 3.11 bits per heavy atom. The molecule has 2 heterocycles. The van der Waals surface area contributed by atoms with Gasteiger partial charge in [-0.15, -0.1) is 0 Å². The van der Waals surface area contributed by atoms with Crippen molar-refractivity contribution in [2.75, 3.05) is 11.9 Å². The number of aromatic nitrogens is 2. The van der Waals surface area contributed by atoms with E-state index >= 15 is 0 Å². The molecule has 1 aromatic carbocycles. The zero-order chi connectivity index (χ0) is 13.2. The molecule has 0 bridgehead atoms. The van der Waals surface area contributed by atoms with Crippen molar-refractivity contribution in [2.45, 2.75) is 19.4 Å². The number of rotatable bonds is 3. The number of benzene rings is 1. The van der Waals surface area contributed by atoms with Gasteiger partial charge in [0.25, 0.3) is 0 Å². The highest BCUT2D eigenvalue weighted by Gasteiger charge is 2.14. The van der Waals surface area contributed by atoms with Gasteiger partial charge in [-0.2, -0.15) is 0 Å². The minimum Gasteiger partial charge on any atom is -0.493 e. The molecule has 1 atom stereocenters. The van der Waals surface area contributed by atoms with Crippen LogP contribution in [0.5, 0.6) is 5.75 Å². The maximum Gasteiger partial charge on any atom is 0.149 e. The van der Waals surface area contributed by atoms with Crippen LogP contribution >= 0.6 is 11.6 Å². The zero-order valence-corrected chi connectivity index (χ0v) is 11.3. The van der Waals surface area contributed by atoms with E-state index in [1.807, 2.05) is 6.07 Å². The van der Waals surface area contributed by atoms with Crippen molar-refractivity contribution in [1.29, 1.82) is 0 Å². The summed E-state index contributed by atoms with van der Waals surface area (Å²) in [5, 5.41) is 3.68. The average Bonchev–Trinajstić information content (AvgIpc) is 2.85. The lowest BCUT2D eigenvalue weighted by Gasteiger charge is -2.15. The molecule has 0 radical (unpaired) electrons. The van der Waals surface area contributed by atoms with Crippen molar-refractivity contribution in [1.82, 2.24) is 9.97 Å². The van der Waals surface area contributed by atoms with Crippen LogP contribution in [0.1, 0.15) is 24.1 Å². The summed E-state index contributed by atoms with van der Waals surface area (Å²) in [6.07, 6.45) is 4.16. The summed E-state index contributed by atoms with van der Waals surface area (Å²) in [6, 6.07) is 6.41. The van der Waals surface area contributed by atoms with Crippen LogP contribution in [0.15, 0.2) is 30.6 Å². The second kappa shape index (κ2) is 5.05. The number of hydrogen-bond acceptors (Lipinski definition) is 4. The van der Waals surface area contributed by atoms with Gasteiger partial charge in [0.15, 0.2) is 0 Å². The summed E-state index contributed by atoms with van der Waals surface area (Å²) in [6.45, 7) is 2.86. The zero-order valence-electron chi connectivity index (χ0n) is 10.6. The highest BCUT2D eigenvalue weighted by atomic mass is 35.5. The first-order valence-corrected chi connectivity index (χ1v) is 6.60. The van der Waals surface area contributed by atoms with Crippen LogP contribution in [0, 0.1) is 0 Å². The molecule has 4 nitrogen and oxygen atoms in total. The molecule has 1 aromatic heterocycles. The second-order valence-electron chi connectivity index (χ2n) is 4.56. The Morgan fingerprint density at radius 2 is 2.26 bits per heavy atom. The summed E-state index contributed by atoms with van der Waals surface area (Å²) >= 11 is 5.82. The number of nitrogens with one attached hydrogen (secondary N) is 1. The van der Waals surface area contributed by atoms with Gasteiger partial charge in [-0.1, -0.05) is 17.7 Å². The van der Waals surface area contributed by atoms with E-state index in [4.69, 9.17) is 16.3 Å². The highest BCUT2D eigenvalue weighted by molar-refractivity contribution is 6.29. The van der Waals surface area contributed by atoms with Crippen molar-refractivity contribution in [3.63, 3.8) is 0 Å². The average molecular weight is 276 g/mol. The van der Waals surface area contributed by atoms with E-state index in [9.17, 15) is 0 Å². The number of ether oxygens (including phenoxy) is 1.